The molecule has 4 aromatic rings. The minimum Gasteiger partial charge on any atom is -0.465 e. The van der Waals surface area contributed by atoms with Crippen LogP contribution in [-0.4, -0.2) is 65.4 Å². The van der Waals surface area contributed by atoms with Crippen LogP contribution in [0.4, 0.5) is 36.8 Å². The number of sulfone groups is 1. The summed E-state index contributed by atoms with van der Waals surface area (Å²) in [6.07, 6.45) is -13.9. The van der Waals surface area contributed by atoms with Crippen LogP contribution in [0.1, 0.15) is 46.7 Å². The lowest BCUT2D eigenvalue weighted by molar-refractivity contribution is -0.376. The Balaban J connectivity index is 1.50. The second-order valence-corrected chi connectivity index (χ2v) is 14.5. The van der Waals surface area contributed by atoms with Crippen molar-refractivity contribution >= 4 is 27.5 Å². The number of benzene rings is 4. The summed E-state index contributed by atoms with van der Waals surface area (Å²) in [5.41, 5.74) is -6.10. The lowest BCUT2D eigenvalue weighted by Crippen LogP contribution is -2.54. The standard InChI is InChI=1S/C35H28F6N2O7S/c1-32(30(45)42-20-12-10-19(11-13-20)33(48,34(36,37)38)35(39,40)41)27-15-14-21(51(49,50)17-16-44)18-26(27)29(43(32)31(46)47)28-24-8-4-2-6-22(24)23-7-3-5-9-25(23)28/h2-15,18,28-29,44,48H,16-17H2,1H3,(H,42,45)(H,46,47). The number of carbonyl (C=O) groups excluding carboxylic acids is 1. The lowest BCUT2D eigenvalue weighted by Gasteiger charge is -2.38. The average molecular weight is 735 g/mol. The fourth-order valence-electron chi connectivity index (χ4n) is 7.15. The van der Waals surface area contributed by atoms with Gasteiger partial charge in [-0.15, -0.1) is 0 Å². The van der Waals surface area contributed by atoms with E-state index in [0.29, 0.717) is 35.4 Å². The van der Waals surface area contributed by atoms with Crippen molar-refractivity contribution in [1.29, 1.82) is 0 Å². The Kier molecular flexibility index (Phi) is 8.51. The van der Waals surface area contributed by atoms with Crippen LogP contribution < -0.4 is 5.32 Å². The zero-order valence-electron chi connectivity index (χ0n) is 26.3. The molecule has 1 heterocycles. The second kappa shape index (κ2) is 12.1. The number of amides is 2. The highest BCUT2D eigenvalue weighted by molar-refractivity contribution is 7.91. The number of nitrogens with one attached hydrogen (secondary N) is 1. The van der Waals surface area contributed by atoms with E-state index in [1.54, 1.807) is 36.4 Å². The van der Waals surface area contributed by atoms with Gasteiger partial charge in [0.15, 0.2) is 9.84 Å². The molecule has 0 spiro atoms. The first kappa shape index (κ1) is 35.9. The lowest BCUT2D eigenvalue weighted by atomic mass is 9.85. The molecule has 0 radical (unpaired) electrons. The van der Waals surface area contributed by atoms with Gasteiger partial charge in [-0.05, 0) is 64.6 Å². The van der Waals surface area contributed by atoms with E-state index in [2.05, 4.69) is 5.32 Å². The van der Waals surface area contributed by atoms with Gasteiger partial charge >= 0.3 is 18.4 Å². The van der Waals surface area contributed by atoms with E-state index in [9.17, 15) is 59.7 Å². The molecule has 2 amide bonds. The Bertz CT molecular complexity index is 2100. The monoisotopic (exact) mass is 734 g/mol. The molecule has 1 aliphatic carbocycles. The van der Waals surface area contributed by atoms with Crippen LogP contribution in [0.5, 0.6) is 0 Å². The van der Waals surface area contributed by atoms with Crippen molar-refractivity contribution < 1.29 is 59.7 Å². The predicted molar refractivity (Wildman–Crippen MR) is 170 cm³/mol. The molecule has 2 atom stereocenters. The molecule has 51 heavy (non-hydrogen) atoms. The number of nitrogens with zero attached hydrogens (tertiary/aromatic N) is 1. The van der Waals surface area contributed by atoms with Crippen molar-refractivity contribution in [2.75, 3.05) is 17.7 Å². The molecule has 2 unspecified atom stereocenters. The zero-order chi connectivity index (χ0) is 37.3. The Morgan fingerprint density at radius 3 is 1.84 bits per heavy atom. The van der Waals surface area contributed by atoms with Gasteiger partial charge in [0.1, 0.15) is 5.54 Å². The Hall–Kier alpha value is -4.93. The number of alkyl halides is 6. The molecule has 0 fully saturated rings. The molecule has 2 aliphatic rings. The maximum Gasteiger partial charge on any atom is 0.430 e. The summed E-state index contributed by atoms with van der Waals surface area (Å²) in [4.78, 5) is 28.2. The molecule has 0 aromatic heterocycles. The first-order valence-corrected chi connectivity index (χ1v) is 16.9. The number of aliphatic hydroxyl groups is 2. The molecular weight excluding hydrogens is 706 g/mol. The molecule has 9 nitrogen and oxygen atoms in total. The smallest absolute Gasteiger partial charge is 0.430 e. The summed E-state index contributed by atoms with van der Waals surface area (Å²) in [7, 11) is -4.08. The minimum atomic E-state index is -6.14. The SMILES string of the molecule is CC1(C(=O)Nc2ccc(C(O)(C(F)(F)F)C(F)(F)F)cc2)c2ccc(S(=O)(=O)CCO)cc2C(C2c3ccccc3-c3ccccc32)N1C(=O)O. The zero-order valence-corrected chi connectivity index (χ0v) is 27.1. The largest absolute Gasteiger partial charge is 0.465 e. The van der Waals surface area contributed by atoms with E-state index in [1.165, 1.54) is 19.1 Å². The molecule has 16 heteroatoms. The summed E-state index contributed by atoms with van der Waals surface area (Å²) >= 11 is 0. The van der Waals surface area contributed by atoms with Crippen molar-refractivity contribution in [1.82, 2.24) is 4.90 Å². The van der Waals surface area contributed by atoms with E-state index in [0.717, 1.165) is 22.1 Å². The third-order valence-corrected chi connectivity index (χ3v) is 11.3. The van der Waals surface area contributed by atoms with Crippen molar-refractivity contribution in [3.05, 3.63) is 119 Å². The minimum absolute atomic E-state index is 0.0670. The van der Waals surface area contributed by atoms with Gasteiger partial charge in [0.2, 0.25) is 0 Å². The number of hydrogen-bond donors (Lipinski definition) is 4. The number of fused-ring (bicyclic) bond motifs is 4. The average Bonchev–Trinajstić information content (AvgIpc) is 3.53. The molecule has 0 saturated heterocycles. The number of carboxylic acid groups (broad SMARTS) is 1. The van der Waals surface area contributed by atoms with E-state index in [1.807, 2.05) is 12.1 Å². The highest BCUT2D eigenvalue weighted by Crippen LogP contribution is 2.59. The maximum atomic E-state index is 14.3. The van der Waals surface area contributed by atoms with Crippen molar-refractivity contribution in [3.63, 3.8) is 0 Å². The first-order chi connectivity index (χ1) is 23.8. The van der Waals surface area contributed by atoms with Crippen molar-refractivity contribution in [2.24, 2.45) is 0 Å². The Morgan fingerprint density at radius 2 is 1.35 bits per heavy atom. The van der Waals surface area contributed by atoms with E-state index < -0.39 is 75.2 Å². The predicted octanol–water partition coefficient (Wildman–Crippen LogP) is 6.47. The molecular formula is C35H28F6N2O7S. The second-order valence-electron chi connectivity index (χ2n) is 12.4. The summed E-state index contributed by atoms with van der Waals surface area (Å²) in [5, 5.41) is 32.4. The van der Waals surface area contributed by atoms with Gasteiger partial charge < -0.3 is 20.6 Å². The normalized spacial score (nSPS) is 19.0. The van der Waals surface area contributed by atoms with E-state index in [-0.39, 0.29) is 21.7 Å². The van der Waals surface area contributed by atoms with Gasteiger partial charge in [0.25, 0.3) is 11.5 Å². The topological polar surface area (TPSA) is 144 Å². The number of rotatable bonds is 7. The van der Waals surface area contributed by atoms with Crippen molar-refractivity contribution in [2.45, 2.75) is 47.3 Å². The fraction of sp³-hybridized carbons (Fsp3) is 0.257. The van der Waals surface area contributed by atoms with Crippen molar-refractivity contribution in [3.8, 4) is 11.1 Å². The van der Waals surface area contributed by atoms with Gasteiger partial charge in [0.05, 0.1) is 23.3 Å². The molecule has 6 rings (SSSR count). The molecule has 0 saturated carbocycles. The van der Waals surface area contributed by atoms with Crippen LogP contribution in [0.2, 0.25) is 0 Å². The molecule has 4 aromatic carbocycles. The van der Waals surface area contributed by atoms with Crippen LogP contribution in [0.25, 0.3) is 11.1 Å². The van der Waals surface area contributed by atoms with Crippen LogP contribution in [0, 0.1) is 0 Å². The molecule has 4 N–H and O–H groups in total. The van der Waals surface area contributed by atoms with Crippen LogP contribution >= 0.6 is 0 Å². The van der Waals surface area contributed by atoms with Gasteiger partial charge in [-0.2, -0.15) is 26.3 Å². The van der Waals surface area contributed by atoms with Crippen LogP contribution in [-0.2, 0) is 25.8 Å². The number of hydrogen-bond acceptors (Lipinski definition) is 6. The van der Waals surface area contributed by atoms with Gasteiger partial charge in [-0.1, -0.05) is 66.7 Å². The first-order valence-electron chi connectivity index (χ1n) is 15.3. The summed E-state index contributed by atoms with van der Waals surface area (Å²) < 4.78 is 107. The highest BCUT2D eigenvalue weighted by atomic mass is 32.2. The molecule has 1 aliphatic heterocycles. The third kappa shape index (κ3) is 5.43. The fourth-order valence-corrected chi connectivity index (χ4v) is 8.21. The van der Waals surface area contributed by atoms with Crippen LogP contribution in [0.3, 0.4) is 0 Å². The van der Waals surface area contributed by atoms with E-state index >= 15 is 0 Å². The summed E-state index contributed by atoms with van der Waals surface area (Å²) in [6.45, 7) is 0.556. The van der Waals surface area contributed by atoms with Gasteiger partial charge in [0, 0.05) is 17.2 Å². The number of aliphatic hydroxyl groups excluding tert-OH is 1. The highest BCUT2D eigenvalue weighted by Gasteiger charge is 2.71. The number of carbonyl (C=O) groups is 2. The van der Waals surface area contributed by atoms with E-state index in [4.69, 9.17) is 0 Å². The number of anilines is 1. The van der Waals surface area contributed by atoms with Gasteiger partial charge in [-0.25, -0.2) is 13.2 Å². The van der Waals surface area contributed by atoms with Gasteiger partial charge in [-0.3, -0.25) is 9.69 Å². The summed E-state index contributed by atoms with van der Waals surface area (Å²) in [5.74, 6) is -2.46. The molecule has 0 bridgehead atoms. The summed E-state index contributed by atoms with van der Waals surface area (Å²) in [6, 6.07) is 18.9. The Labute approximate surface area is 286 Å². The molecule has 268 valence electrons. The quantitative estimate of drug-likeness (QED) is 0.160. The maximum absolute atomic E-state index is 14.3. The third-order valence-electron chi connectivity index (χ3n) is 9.57. The Morgan fingerprint density at radius 1 is 0.824 bits per heavy atom. The number of halogens is 6. The van der Waals surface area contributed by atoms with Crippen LogP contribution in [0.15, 0.2) is 95.9 Å².